The van der Waals surface area contributed by atoms with E-state index in [0.29, 0.717) is 49.6 Å². The third-order valence-corrected chi connectivity index (χ3v) is 13.3. The third-order valence-electron chi connectivity index (χ3n) is 12.0. The molecule has 7 unspecified atom stereocenters. The van der Waals surface area contributed by atoms with Gasteiger partial charge in [-0.2, -0.15) is 0 Å². The maximum absolute atomic E-state index is 13.2. The molecule has 0 radical (unpaired) electrons. The second-order valence-corrected chi connectivity index (χ2v) is 17.5. The molecule has 7 rings (SSSR count). The van der Waals surface area contributed by atoms with Crippen LogP contribution in [0.25, 0.3) is 0 Å². The lowest BCUT2D eigenvalue weighted by Crippen LogP contribution is -2.64. The van der Waals surface area contributed by atoms with Crippen LogP contribution in [0.2, 0.25) is 0 Å². The lowest BCUT2D eigenvalue weighted by atomic mass is 9.56. The second kappa shape index (κ2) is 21.4. The number of aliphatic hydroxyl groups excluding tert-OH is 2. The van der Waals surface area contributed by atoms with Crippen molar-refractivity contribution in [2.75, 3.05) is 31.7 Å². The summed E-state index contributed by atoms with van der Waals surface area (Å²) < 4.78 is 26.3. The number of hydrogen-bond acceptors (Lipinski definition) is 11. The molecule has 2 amide bonds. The number of oxime groups is 1. The number of thioether (sulfide) groups is 1. The Morgan fingerprint density at radius 1 is 1.00 bits per heavy atom. The molecule has 1 saturated carbocycles. The summed E-state index contributed by atoms with van der Waals surface area (Å²) in [6.07, 6.45) is 10.9. The van der Waals surface area contributed by atoms with Crippen LogP contribution in [0.4, 0.5) is 10.5 Å². The number of fused-ring (bicyclic) bond motifs is 2. The molecule has 13 heteroatoms. The maximum atomic E-state index is 13.2. The zero-order valence-corrected chi connectivity index (χ0v) is 35.8. The Hall–Kier alpha value is -4.66. The van der Waals surface area contributed by atoms with Gasteiger partial charge in [-0.1, -0.05) is 60.5 Å². The minimum Gasteiger partial charge on any atom is -0.460 e. The molecule has 4 aliphatic rings. The molecule has 326 valence electrons. The number of carbonyl (C=O) groups is 2. The number of hydrogen-bond donors (Lipinski definition) is 4. The van der Waals surface area contributed by atoms with E-state index in [1.807, 2.05) is 66.7 Å². The van der Waals surface area contributed by atoms with E-state index in [1.54, 1.807) is 23.9 Å². The first-order chi connectivity index (χ1) is 29.8. The normalized spacial score (nSPS) is 25.9. The number of nitrogens with zero attached hydrogens (tertiary/aromatic N) is 1. The zero-order chi connectivity index (χ0) is 42.6. The molecule has 2 aliphatic carbocycles. The molecule has 7 atom stereocenters. The van der Waals surface area contributed by atoms with E-state index < -0.39 is 18.2 Å². The highest BCUT2D eigenvalue weighted by atomic mass is 32.2. The van der Waals surface area contributed by atoms with Crippen molar-refractivity contribution in [1.82, 2.24) is 5.32 Å². The largest absolute Gasteiger partial charge is 0.460 e. The number of allylic oxidation sites excluding steroid dienone is 1. The van der Waals surface area contributed by atoms with E-state index in [2.05, 4.69) is 23.3 Å². The Morgan fingerprint density at radius 3 is 2.51 bits per heavy atom. The van der Waals surface area contributed by atoms with Crippen molar-refractivity contribution in [3.8, 4) is 11.5 Å². The Labute approximate surface area is 363 Å². The number of nitrogens with one attached hydrogen (secondary N) is 2. The number of unbranched alkanes of at least 4 members (excludes halogenated alkanes) is 2. The van der Waals surface area contributed by atoms with E-state index in [1.165, 1.54) is 6.92 Å². The van der Waals surface area contributed by atoms with Crippen LogP contribution in [0.5, 0.6) is 11.5 Å². The van der Waals surface area contributed by atoms with Crippen molar-refractivity contribution in [2.24, 2.45) is 22.9 Å². The highest BCUT2D eigenvalue weighted by molar-refractivity contribution is 8.00. The first-order valence-corrected chi connectivity index (χ1v) is 22.6. The summed E-state index contributed by atoms with van der Waals surface area (Å²) in [7, 11) is 0. The van der Waals surface area contributed by atoms with Crippen molar-refractivity contribution in [1.29, 1.82) is 0 Å². The van der Waals surface area contributed by atoms with E-state index in [4.69, 9.17) is 28.9 Å². The topological polar surface area (TPSA) is 157 Å². The number of aliphatic hydroxyl groups is 2. The number of benzene rings is 3. The van der Waals surface area contributed by atoms with Gasteiger partial charge in [-0.05, 0) is 104 Å². The highest BCUT2D eigenvalue weighted by Crippen LogP contribution is 2.63. The smallest absolute Gasteiger partial charge is 0.412 e. The third kappa shape index (κ3) is 10.9. The maximum Gasteiger partial charge on any atom is 0.412 e. The monoisotopic (exact) mass is 853 g/mol. The predicted octanol–water partition coefficient (Wildman–Crippen LogP) is 8.89. The Kier molecular flexibility index (Phi) is 15.6. The lowest BCUT2D eigenvalue weighted by molar-refractivity contribution is -0.223. The van der Waals surface area contributed by atoms with E-state index >= 15 is 0 Å². The van der Waals surface area contributed by atoms with Crippen LogP contribution in [0.1, 0.15) is 88.2 Å². The molecular weight excluding hydrogens is 795 g/mol. The van der Waals surface area contributed by atoms with Gasteiger partial charge in [0.2, 0.25) is 18.0 Å². The van der Waals surface area contributed by atoms with Gasteiger partial charge < -0.3 is 44.6 Å². The lowest BCUT2D eigenvalue weighted by Gasteiger charge is -2.58. The van der Waals surface area contributed by atoms with Gasteiger partial charge >= 0.3 is 6.09 Å². The van der Waals surface area contributed by atoms with Gasteiger partial charge in [-0.15, -0.1) is 18.3 Å². The molecule has 2 heterocycles. The van der Waals surface area contributed by atoms with Crippen molar-refractivity contribution in [3.05, 3.63) is 108 Å². The van der Waals surface area contributed by atoms with Crippen LogP contribution in [0, 0.1) is 17.8 Å². The SMILES string of the molecule is C=CCOC12Oc3ccc(OC(=O)NCc4ccccc4)cc3C3C(CCCCO)C(CCCCO)C=C(C(=NOC4CCCCO4)CC1Sc1ccc(NC(C)=O)cc1)C32. The van der Waals surface area contributed by atoms with Gasteiger partial charge in [-0.25, -0.2) is 4.79 Å². The summed E-state index contributed by atoms with van der Waals surface area (Å²) in [5, 5.41) is 30.2. The average Bonchev–Trinajstić information content (AvgIpc) is 3.27. The Bertz CT molecular complexity index is 2000. The fourth-order valence-corrected chi connectivity index (χ4v) is 10.6. The molecule has 3 aromatic rings. The molecule has 4 N–H and O–H groups in total. The number of rotatable bonds is 19. The molecule has 1 saturated heterocycles. The van der Waals surface area contributed by atoms with Crippen LogP contribution >= 0.6 is 11.8 Å². The van der Waals surface area contributed by atoms with Crippen LogP contribution in [0.3, 0.4) is 0 Å². The number of amides is 2. The van der Waals surface area contributed by atoms with Crippen molar-refractivity contribution in [2.45, 2.75) is 106 Å². The van der Waals surface area contributed by atoms with Crippen LogP contribution in [0.15, 0.2) is 107 Å². The number of ether oxygens (including phenoxy) is 4. The molecule has 0 aromatic heterocycles. The molecule has 12 nitrogen and oxygen atoms in total. The molecule has 0 bridgehead atoms. The summed E-state index contributed by atoms with van der Waals surface area (Å²) >= 11 is 1.63. The number of anilines is 1. The zero-order valence-electron chi connectivity index (χ0n) is 35.0. The van der Waals surface area contributed by atoms with E-state index in [-0.39, 0.29) is 54.6 Å². The van der Waals surface area contributed by atoms with Gasteiger partial charge in [0, 0.05) is 61.6 Å². The quantitative estimate of drug-likeness (QED) is 0.0522. The molecule has 3 aromatic carbocycles. The molecule has 2 fully saturated rings. The van der Waals surface area contributed by atoms with E-state index in [0.717, 1.165) is 72.3 Å². The summed E-state index contributed by atoms with van der Waals surface area (Å²) in [6.45, 7) is 6.89. The first-order valence-electron chi connectivity index (χ1n) is 21.7. The van der Waals surface area contributed by atoms with Crippen molar-refractivity contribution < 1.29 is 43.6 Å². The van der Waals surface area contributed by atoms with Crippen LogP contribution < -0.4 is 20.1 Å². The first kappa shape index (κ1) is 44.4. The fraction of sp³-hybridized carbons (Fsp3) is 0.479. The van der Waals surface area contributed by atoms with E-state index in [9.17, 15) is 19.8 Å². The molecular formula is C48H59N3O9S. The van der Waals surface area contributed by atoms with Crippen molar-refractivity contribution in [3.63, 3.8) is 0 Å². The Morgan fingerprint density at radius 2 is 1.79 bits per heavy atom. The average molecular weight is 854 g/mol. The minimum absolute atomic E-state index is 0.0695. The summed E-state index contributed by atoms with van der Waals surface area (Å²) in [5.41, 5.74) is 4.36. The fourth-order valence-electron chi connectivity index (χ4n) is 9.30. The highest BCUT2D eigenvalue weighted by Gasteiger charge is 2.64. The summed E-state index contributed by atoms with van der Waals surface area (Å²) in [6, 6.07) is 23.0. The second-order valence-electron chi connectivity index (χ2n) is 16.2. The van der Waals surface area contributed by atoms with Crippen molar-refractivity contribution >= 4 is 35.2 Å². The standard InChI is InChI=1S/C48H59N3O9S/c1-3-26-57-48-43(61-37-21-18-35(19-22-37)50-32(2)54)30-41(51-60-44-17-9-12-27-56-44)39-28-34(15-7-10-24-52)38(16-8-11-25-53)45(46(39)48)40-29-36(20-23-42(40)59-48)58-47(55)49-31-33-13-5-4-6-14-33/h3-6,13-14,18-23,28-29,34,38,43-46,52-53H,1,7-12,15-17,24-27,30-31H2,2H3,(H,49,55)(H,50,54). The van der Waals surface area contributed by atoms with Crippen LogP contribution in [-0.2, 0) is 25.7 Å². The van der Waals surface area contributed by atoms with Gasteiger partial charge in [0.25, 0.3) is 0 Å². The summed E-state index contributed by atoms with van der Waals surface area (Å²) in [5.74, 6) is -0.733. The summed E-state index contributed by atoms with van der Waals surface area (Å²) in [4.78, 5) is 32.3. The predicted molar refractivity (Wildman–Crippen MR) is 236 cm³/mol. The number of carbonyl (C=O) groups excluding carboxylic acids is 2. The van der Waals surface area contributed by atoms with Gasteiger partial charge in [0.05, 0.1) is 30.1 Å². The molecule has 0 spiro atoms. The van der Waals surface area contributed by atoms with Gasteiger partial charge in [0.1, 0.15) is 11.5 Å². The van der Waals surface area contributed by atoms with Gasteiger partial charge in [0.15, 0.2) is 0 Å². The Balaban J connectivity index is 1.34. The molecule has 2 aliphatic heterocycles. The minimum atomic E-state index is -1.21. The van der Waals surface area contributed by atoms with Crippen LogP contribution in [-0.4, -0.2) is 71.7 Å². The van der Waals surface area contributed by atoms with Gasteiger partial charge in [-0.3, -0.25) is 4.79 Å². The molecule has 61 heavy (non-hydrogen) atoms.